The second-order valence-corrected chi connectivity index (χ2v) is 7.12. The Hall–Kier alpha value is -1.88. The lowest BCUT2D eigenvalue weighted by molar-refractivity contribution is -0.117. The first-order chi connectivity index (χ1) is 13.8. The van der Waals surface area contributed by atoms with Crippen molar-refractivity contribution in [1.29, 1.82) is 0 Å². The molecule has 8 nitrogen and oxygen atoms in total. The van der Waals surface area contributed by atoms with Gasteiger partial charge in [0.05, 0.1) is 18.7 Å². The van der Waals surface area contributed by atoms with E-state index in [1.54, 1.807) is 12.1 Å². The number of benzene rings is 1. The van der Waals surface area contributed by atoms with Crippen LogP contribution in [0.4, 0.5) is 0 Å². The highest BCUT2D eigenvalue weighted by Gasteiger charge is 2.24. The molecule has 30 heavy (non-hydrogen) atoms. The maximum Gasteiger partial charge on any atom is 0.251 e. The highest BCUT2D eigenvalue weighted by Crippen LogP contribution is 2.18. The normalized spacial score (nSPS) is 11.4. The summed E-state index contributed by atoms with van der Waals surface area (Å²) >= 11 is 0. The fourth-order valence-corrected chi connectivity index (χ4v) is 3.02. The van der Waals surface area contributed by atoms with Gasteiger partial charge in [-0.3, -0.25) is 9.59 Å². The molecular weight excluding hydrogens is 497 g/mol. The zero-order valence-electron chi connectivity index (χ0n) is 18.2. The molecule has 9 heteroatoms. The minimum absolute atomic E-state index is 0. The topological polar surface area (TPSA) is 129 Å². The number of carbonyl (C=O) groups excluding carboxylic acids is 2. The van der Waals surface area contributed by atoms with Crippen LogP contribution < -0.4 is 21.7 Å². The van der Waals surface area contributed by atoms with E-state index in [0.29, 0.717) is 31.2 Å². The van der Waals surface area contributed by atoms with Gasteiger partial charge >= 0.3 is 0 Å². The first-order valence-corrected chi connectivity index (χ1v) is 10.2. The Kier molecular flexibility index (Phi) is 14.1. The Morgan fingerprint density at radius 2 is 1.63 bits per heavy atom. The smallest absolute Gasteiger partial charge is 0.251 e. The quantitative estimate of drug-likeness (QED) is 0.159. The molecule has 2 amide bonds. The number of nitrogens with zero attached hydrogens (tertiary/aromatic N) is 1. The van der Waals surface area contributed by atoms with Crippen molar-refractivity contribution in [3.63, 3.8) is 0 Å². The van der Waals surface area contributed by atoms with Crippen LogP contribution in [-0.2, 0) is 11.3 Å². The summed E-state index contributed by atoms with van der Waals surface area (Å²) in [4.78, 5) is 27.2. The minimum Gasteiger partial charge on any atom is -0.388 e. The third-order valence-electron chi connectivity index (χ3n) is 4.42. The summed E-state index contributed by atoms with van der Waals surface area (Å²) in [5.41, 5.74) is 5.68. The van der Waals surface area contributed by atoms with Gasteiger partial charge in [-0.1, -0.05) is 38.8 Å². The molecule has 1 rings (SSSR count). The first kappa shape index (κ1) is 28.1. The number of nitrogens with two attached hydrogens (primary N) is 1. The molecule has 6 N–H and O–H groups in total. The molecule has 1 aromatic carbocycles. The standard InChI is InChI=1S/C21H35N5O3.HI/c1-4-11-21(29,12-5-2)15-26-20(23-6-3)25-13-16-7-9-17(10-8-16)19(28)24-14-18(22)27;/h7-10,29H,4-6,11-15H2,1-3H3,(H2,22,27)(H,24,28)(H2,23,25,26);1H. The van der Waals surface area contributed by atoms with Crippen molar-refractivity contribution < 1.29 is 14.7 Å². The summed E-state index contributed by atoms with van der Waals surface area (Å²) in [6.45, 7) is 7.52. The van der Waals surface area contributed by atoms with Crippen LogP contribution in [0.3, 0.4) is 0 Å². The Labute approximate surface area is 196 Å². The van der Waals surface area contributed by atoms with Crippen molar-refractivity contribution in [3.05, 3.63) is 35.4 Å². The lowest BCUT2D eigenvalue weighted by atomic mass is 9.93. The van der Waals surface area contributed by atoms with Crippen LogP contribution in [0.25, 0.3) is 0 Å². The number of amides is 2. The summed E-state index contributed by atoms with van der Waals surface area (Å²) in [7, 11) is 0. The van der Waals surface area contributed by atoms with Crippen LogP contribution in [0.2, 0.25) is 0 Å². The van der Waals surface area contributed by atoms with E-state index >= 15 is 0 Å². The Morgan fingerprint density at radius 1 is 1.03 bits per heavy atom. The highest BCUT2D eigenvalue weighted by molar-refractivity contribution is 14.0. The zero-order chi connectivity index (χ0) is 21.7. The fourth-order valence-electron chi connectivity index (χ4n) is 3.02. The average Bonchev–Trinajstić information content (AvgIpc) is 2.69. The van der Waals surface area contributed by atoms with Gasteiger partial charge < -0.3 is 26.8 Å². The number of rotatable bonds is 12. The number of carbonyl (C=O) groups is 2. The molecule has 1 aromatic rings. The molecule has 0 spiro atoms. The Morgan fingerprint density at radius 3 is 2.13 bits per heavy atom. The molecule has 0 heterocycles. The molecule has 0 saturated carbocycles. The summed E-state index contributed by atoms with van der Waals surface area (Å²) < 4.78 is 0. The maximum atomic E-state index is 11.9. The number of hydrogen-bond donors (Lipinski definition) is 5. The van der Waals surface area contributed by atoms with E-state index in [2.05, 4.69) is 34.8 Å². The third kappa shape index (κ3) is 10.8. The lowest BCUT2D eigenvalue weighted by Gasteiger charge is -2.28. The van der Waals surface area contributed by atoms with Crippen LogP contribution in [0, 0.1) is 0 Å². The van der Waals surface area contributed by atoms with Crippen LogP contribution in [0.15, 0.2) is 29.3 Å². The molecule has 0 atom stereocenters. The predicted octanol–water partition coefficient (Wildman–Crippen LogP) is 1.91. The second-order valence-electron chi connectivity index (χ2n) is 7.12. The van der Waals surface area contributed by atoms with Crippen molar-refractivity contribution in [2.75, 3.05) is 19.6 Å². The molecule has 0 radical (unpaired) electrons. The van der Waals surface area contributed by atoms with Gasteiger partial charge in [0.2, 0.25) is 5.91 Å². The number of aliphatic imine (C=N–C) groups is 1. The van der Waals surface area contributed by atoms with E-state index in [1.165, 1.54) is 0 Å². The van der Waals surface area contributed by atoms with Crippen molar-refractivity contribution in [3.8, 4) is 0 Å². The largest absolute Gasteiger partial charge is 0.388 e. The van der Waals surface area contributed by atoms with E-state index in [0.717, 1.165) is 31.2 Å². The first-order valence-electron chi connectivity index (χ1n) is 10.2. The average molecular weight is 533 g/mol. The number of halogens is 1. The van der Waals surface area contributed by atoms with Gasteiger partial charge in [-0.15, -0.1) is 24.0 Å². The molecule has 170 valence electrons. The van der Waals surface area contributed by atoms with Gasteiger partial charge in [0.15, 0.2) is 5.96 Å². The summed E-state index contributed by atoms with van der Waals surface area (Å²) in [6.07, 6.45) is 3.33. The van der Waals surface area contributed by atoms with Crippen molar-refractivity contribution in [2.24, 2.45) is 10.7 Å². The van der Waals surface area contributed by atoms with Gasteiger partial charge in [-0.25, -0.2) is 4.99 Å². The van der Waals surface area contributed by atoms with Crippen LogP contribution in [0.1, 0.15) is 62.4 Å². The van der Waals surface area contributed by atoms with Crippen LogP contribution in [-0.4, -0.2) is 48.1 Å². The van der Waals surface area contributed by atoms with Gasteiger partial charge in [0, 0.05) is 18.7 Å². The molecular formula is C21H36IN5O3. The summed E-state index contributed by atoms with van der Waals surface area (Å²) in [5.74, 6) is -0.293. The van der Waals surface area contributed by atoms with Gasteiger partial charge in [0.1, 0.15) is 0 Å². The maximum absolute atomic E-state index is 11.9. The Bertz CT molecular complexity index is 674. The predicted molar refractivity (Wildman–Crippen MR) is 131 cm³/mol. The molecule has 0 aromatic heterocycles. The Balaban J connectivity index is 0.00000841. The number of nitrogens with one attached hydrogen (secondary N) is 3. The fraction of sp³-hybridized carbons (Fsp3) is 0.571. The minimum atomic E-state index is -0.736. The molecule has 0 bridgehead atoms. The van der Waals surface area contributed by atoms with E-state index < -0.39 is 11.5 Å². The number of guanidine groups is 1. The summed E-state index contributed by atoms with van der Waals surface area (Å²) in [6, 6.07) is 7.00. The SMILES string of the molecule is CCCC(O)(CCC)CNC(=NCc1ccc(C(=O)NCC(N)=O)cc1)NCC.I. The molecule has 0 aliphatic carbocycles. The molecule has 0 fully saturated rings. The van der Waals surface area contributed by atoms with Crippen molar-refractivity contribution >= 4 is 41.8 Å². The number of aliphatic hydroxyl groups is 1. The number of primary amides is 1. The van der Waals surface area contributed by atoms with Crippen molar-refractivity contribution in [1.82, 2.24) is 16.0 Å². The molecule has 0 aliphatic rings. The van der Waals surface area contributed by atoms with Crippen molar-refractivity contribution in [2.45, 2.75) is 58.6 Å². The van der Waals surface area contributed by atoms with E-state index in [-0.39, 0.29) is 36.4 Å². The van der Waals surface area contributed by atoms with Gasteiger partial charge in [-0.05, 0) is 37.5 Å². The molecule has 0 unspecified atom stereocenters. The summed E-state index contributed by atoms with van der Waals surface area (Å²) in [5, 5.41) is 19.6. The second kappa shape index (κ2) is 15.0. The lowest BCUT2D eigenvalue weighted by Crippen LogP contribution is -2.47. The van der Waals surface area contributed by atoms with E-state index in [1.807, 2.05) is 19.1 Å². The van der Waals surface area contributed by atoms with Gasteiger partial charge in [-0.2, -0.15) is 0 Å². The van der Waals surface area contributed by atoms with E-state index in [9.17, 15) is 14.7 Å². The highest BCUT2D eigenvalue weighted by atomic mass is 127. The molecule has 0 saturated heterocycles. The molecule has 0 aliphatic heterocycles. The van der Waals surface area contributed by atoms with Crippen LogP contribution >= 0.6 is 24.0 Å². The van der Waals surface area contributed by atoms with Gasteiger partial charge in [0.25, 0.3) is 5.91 Å². The van der Waals surface area contributed by atoms with E-state index in [4.69, 9.17) is 5.73 Å². The number of hydrogen-bond acceptors (Lipinski definition) is 4. The van der Waals surface area contributed by atoms with Crippen LogP contribution in [0.5, 0.6) is 0 Å². The third-order valence-corrected chi connectivity index (χ3v) is 4.42. The zero-order valence-corrected chi connectivity index (χ0v) is 20.5. The monoisotopic (exact) mass is 533 g/mol.